The predicted octanol–water partition coefficient (Wildman–Crippen LogP) is -1.50. The first-order valence-electron chi connectivity index (χ1n) is 5.42. The molecule has 1 aliphatic heterocycles. The van der Waals surface area contributed by atoms with Gasteiger partial charge in [-0.1, -0.05) is 0 Å². The Balaban J connectivity index is 2.24. The van der Waals surface area contributed by atoms with E-state index < -0.39 is 11.2 Å². The van der Waals surface area contributed by atoms with Gasteiger partial charge in [0.25, 0.3) is 11.5 Å². The van der Waals surface area contributed by atoms with Crippen LogP contribution < -0.4 is 16.6 Å². The molecular weight excluding hydrogens is 224 g/mol. The van der Waals surface area contributed by atoms with Gasteiger partial charge in [-0.15, -0.1) is 0 Å². The molecule has 92 valence electrons. The maximum absolute atomic E-state index is 12.0. The quantitative estimate of drug-likeness (QED) is 0.554. The third-order valence-electron chi connectivity index (χ3n) is 2.71. The van der Waals surface area contributed by atoms with Crippen LogP contribution in [0.2, 0.25) is 0 Å². The molecule has 1 amide bonds. The second-order valence-electron chi connectivity index (χ2n) is 4.09. The molecular formula is C10H14N4O3. The van der Waals surface area contributed by atoms with Crippen molar-refractivity contribution in [3.8, 4) is 0 Å². The molecule has 0 radical (unpaired) electrons. The molecule has 0 aliphatic carbocycles. The highest BCUT2D eigenvalue weighted by molar-refractivity contribution is 5.93. The average Bonchev–Trinajstić information content (AvgIpc) is 2.28. The third-order valence-corrected chi connectivity index (χ3v) is 2.71. The minimum Gasteiger partial charge on any atom is -0.336 e. The zero-order valence-corrected chi connectivity index (χ0v) is 9.45. The molecule has 7 heteroatoms. The van der Waals surface area contributed by atoms with E-state index in [0.29, 0.717) is 19.6 Å². The molecule has 2 heterocycles. The van der Waals surface area contributed by atoms with Crippen LogP contribution in [0, 0.1) is 0 Å². The lowest BCUT2D eigenvalue weighted by Gasteiger charge is -2.31. The van der Waals surface area contributed by atoms with Crippen molar-refractivity contribution in [3.63, 3.8) is 0 Å². The maximum atomic E-state index is 12.0. The fourth-order valence-electron chi connectivity index (χ4n) is 1.86. The first kappa shape index (κ1) is 11.6. The molecule has 1 atom stereocenters. The van der Waals surface area contributed by atoms with Crippen LogP contribution in [0.15, 0.2) is 15.8 Å². The van der Waals surface area contributed by atoms with E-state index in [2.05, 4.69) is 10.3 Å². The summed E-state index contributed by atoms with van der Waals surface area (Å²) in [6.07, 6.45) is 1.16. The van der Waals surface area contributed by atoms with Crippen LogP contribution >= 0.6 is 0 Å². The molecule has 1 aromatic heterocycles. The molecule has 0 unspecified atom stereocenters. The standard InChI is InChI=1S/C10H14N4O3/c1-6-5-14(3-2-11-6)9(16)7-4-12-10(17)13-8(7)15/h4,6,11H,2-3,5H2,1H3,(H2,12,13,15,17)/t6-/m1/s1. The maximum Gasteiger partial charge on any atom is 0.325 e. The number of aromatic amines is 2. The summed E-state index contributed by atoms with van der Waals surface area (Å²) in [5, 5.41) is 3.20. The van der Waals surface area contributed by atoms with Crippen molar-refractivity contribution in [2.75, 3.05) is 19.6 Å². The van der Waals surface area contributed by atoms with E-state index in [4.69, 9.17) is 0 Å². The molecule has 0 spiro atoms. The van der Waals surface area contributed by atoms with Gasteiger partial charge >= 0.3 is 5.69 Å². The molecule has 0 bridgehead atoms. The molecule has 2 rings (SSSR count). The molecule has 0 aromatic carbocycles. The van der Waals surface area contributed by atoms with Crippen LogP contribution in [-0.2, 0) is 0 Å². The SMILES string of the molecule is C[C@@H]1CN(C(=O)c2c[nH]c(=O)[nH]c2=O)CCN1. The molecule has 3 N–H and O–H groups in total. The molecule has 1 saturated heterocycles. The number of H-pyrrole nitrogens is 2. The lowest BCUT2D eigenvalue weighted by Crippen LogP contribution is -2.52. The Labute approximate surface area is 96.8 Å². The predicted molar refractivity (Wildman–Crippen MR) is 61.1 cm³/mol. The summed E-state index contributed by atoms with van der Waals surface area (Å²) in [6, 6.07) is 0.203. The van der Waals surface area contributed by atoms with Crippen LogP contribution in [0.1, 0.15) is 17.3 Å². The van der Waals surface area contributed by atoms with Gasteiger partial charge in [0.1, 0.15) is 5.56 Å². The zero-order valence-electron chi connectivity index (χ0n) is 9.45. The molecule has 1 aromatic rings. The second-order valence-corrected chi connectivity index (χ2v) is 4.09. The van der Waals surface area contributed by atoms with Gasteiger partial charge in [0.15, 0.2) is 0 Å². The number of hydrogen-bond donors (Lipinski definition) is 3. The van der Waals surface area contributed by atoms with Crippen molar-refractivity contribution in [1.82, 2.24) is 20.2 Å². The average molecular weight is 238 g/mol. The zero-order chi connectivity index (χ0) is 12.4. The van der Waals surface area contributed by atoms with Gasteiger partial charge in [-0.05, 0) is 6.92 Å². The van der Waals surface area contributed by atoms with Crippen LogP contribution in [0.5, 0.6) is 0 Å². The van der Waals surface area contributed by atoms with E-state index >= 15 is 0 Å². The van der Waals surface area contributed by atoms with Crippen LogP contribution in [0.25, 0.3) is 0 Å². The fourth-order valence-corrected chi connectivity index (χ4v) is 1.86. The van der Waals surface area contributed by atoms with Gasteiger partial charge in [-0.25, -0.2) is 4.79 Å². The van der Waals surface area contributed by atoms with E-state index in [0.717, 1.165) is 6.20 Å². The van der Waals surface area contributed by atoms with E-state index in [1.165, 1.54) is 0 Å². The fraction of sp³-hybridized carbons (Fsp3) is 0.500. The van der Waals surface area contributed by atoms with Crippen molar-refractivity contribution < 1.29 is 4.79 Å². The van der Waals surface area contributed by atoms with Gasteiger partial charge in [-0.2, -0.15) is 0 Å². The Morgan fingerprint density at radius 3 is 2.88 bits per heavy atom. The van der Waals surface area contributed by atoms with E-state index in [1.54, 1.807) is 4.90 Å². The Hall–Kier alpha value is -1.89. The third kappa shape index (κ3) is 2.44. The number of piperazine rings is 1. The van der Waals surface area contributed by atoms with Crippen LogP contribution in [0.4, 0.5) is 0 Å². The highest BCUT2D eigenvalue weighted by Gasteiger charge is 2.23. The van der Waals surface area contributed by atoms with E-state index in [9.17, 15) is 14.4 Å². The number of amides is 1. The number of rotatable bonds is 1. The smallest absolute Gasteiger partial charge is 0.325 e. The minimum absolute atomic E-state index is 0.0290. The lowest BCUT2D eigenvalue weighted by atomic mass is 10.2. The second kappa shape index (κ2) is 4.54. The molecule has 17 heavy (non-hydrogen) atoms. The molecule has 1 aliphatic rings. The highest BCUT2D eigenvalue weighted by atomic mass is 16.2. The van der Waals surface area contributed by atoms with Gasteiger partial charge in [0, 0.05) is 31.9 Å². The van der Waals surface area contributed by atoms with Crippen molar-refractivity contribution in [3.05, 3.63) is 32.6 Å². The molecule has 1 fully saturated rings. The van der Waals surface area contributed by atoms with E-state index in [-0.39, 0.29) is 17.5 Å². The van der Waals surface area contributed by atoms with Gasteiger partial charge in [0.05, 0.1) is 0 Å². The number of aromatic nitrogens is 2. The lowest BCUT2D eigenvalue weighted by molar-refractivity contribution is 0.0706. The Morgan fingerprint density at radius 1 is 1.47 bits per heavy atom. The van der Waals surface area contributed by atoms with Crippen LogP contribution in [-0.4, -0.2) is 46.5 Å². The number of nitrogens with zero attached hydrogens (tertiary/aromatic N) is 1. The monoisotopic (exact) mass is 238 g/mol. The summed E-state index contributed by atoms with van der Waals surface area (Å²) in [7, 11) is 0. The van der Waals surface area contributed by atoms with Gasteiger partial charge in [0.2, 0.25) is 0 Å². The summed E-state index contributed by atoms with van der Waals surface area (Å²) in [4.78, 5) is 40.3. The van der Waals surface area contributed by atoms with Gasteiger partial charge in [-0.3, -0.25) is 14.6 Å². The first-order chi connectivity index (χ1) is 8.08. The molecule has 7 nitrogen and oxygen atoms in total. The van der Waals surface area contributed by atoms with Crippen molar-refractivity contribution in [1.29, 1.82) is 0 Å². The number of carbonyl (C=O) groups is 1. The molecule has 0 saturated carbocycles. The summed E-state index contributed by atoms with van der Waals surface area (Å²) in [5.41, 5.74) is -1.29. The Morgan fingerprint density at radius 2 is 2.24 bits per heavy atom. The Bertz CT molecular complexity index is 533. The summed E-state index contributed by atoms with van der Waals surface area (Å²) < 4.78 is 0. The van der Waals surface area contributed by atoms with Crippen LogP contribution in [0.3, 0.4) is 0 Å². The summed E-state index contributed by atoms with van der Waals surface area (Å²) in [5.74, 6) is -0.351. The van der Waals surface area contributed by atoms with Crippen molar-refractivity contribution in [2.24, 2.45) is 0 Å². The van der Waals surface area contributed by atoms with Gasteiger partial charge < -0.3 is 15.2 Å². The van der Waals surface area contributed by atoms with Crippen molar-refractivity contribution in [2.45, 2.75) is 13.0 Å². The topological polar surface area (TPSA) is 98.1 Å². The number of nitrogens with one attached hydrogen (secondary N) is 3. The first-order valence-corrected chi connectivity index (χ1v) is 5.42. The minimum atomic E-state index is -0.648. The van der Waals surface area contributed by atoms with Crippen molar-refractivity contribution >= 4 is 5.91 Å². The summed E-state index contributed by atoms with van der Waals surface area (Å²) in [6.45, 7) is 3.78. The summed E-state index contributed by atoms with van der Waals surface area (Å²) >= 11 is 0. The number of carbonyl (C=O) groups excluding carboxylic acids is 1. The van der Waals surface area contributed by atoms with E-state index in [1.807, 2.05) is 11.9 Å². The normalized spacial score (nSPS) is 20.3. The number of hydrogen-bond acceptors (Lipinski definition) is 4. The largest absolute Gasteiger partial charge is 0.336 e. The Kier molecular flexibility index (Phi) is 3.10. The highest BCUT2D eigenvalue weighted by Crippen LogP contribution is 2.02.